The zero-order valence-corrected chi connectivity index (χ0v) is 14.4. The van der Waals surface area contributed by atoms with Gasteiger partial charge in [-0.05, 0) is 35.6 Å². The van der Waals surface area contributed by atoms with Gasteiger partial charge in [-0.2, -0.15) is 0 Å². The van der Waals surface area contributed by atoms with E-state index >= 15 is 0 Å². The van der Waals surface area contributed by atoms with Gasteiger partial charge in [0.1, 0.15) is 11.5 Å². The summed E-state index contributed by atoms with van der Waals surface area (Å²) in [6.45, 7) is 1.62. The van der Waals surface area contributed by atoms with E-state index in [1.165, 1.54) is 16.7 Å². The average molecular weight is 334 g/mol. The molecule has 25 heavy (non-hydrogen) atoms. The number of hydrogen-bond donors (Lipinski definition) is 0. The molecule has 0 bridgehead atoms. The summed E-state index contributed by atoms with van der Waals surface area (Å²) in [6.07, 6.45) is 7.73. The molecule has 0 radical (unpaired) electrons. The highest BCUT2D eigenvalue weighted by Crippen LogP contribution is 2.32. The predicted octanol–water partition coefficient (Wildman–Crippen LogP) is 3.73. The number of imidazole rings is 1. The zero-order chi connectivity index (χ0) is 17.1. The first-order chi connectivity index (χ1) is 12.3. The van der Waals surface area contributed by atoms with Crippen molar-refractivity contribution in [2.45, 2.75) is 19.4 Å². The van der Waals surface area contributed by atoms with Gasteiger partial charge in [0.15, 0.2) is 0 Å². The first kappa shape index (κ1) is 15.8. The fourth-order valence-electron chi connectivity index (χ4n) is 3.38. The summed E-state index contributed by atoms with van der Waals surface area (Å²) in [7, 11) is 1.68. The van der Waals surface area contributed by atoms with Crippen LogP contribution in [-0.2, 0) is 19.4 Å². The van der Waals surface area contributed by atoms with Crippen molar-refractivity contribution in [3.05, 3.63) is 77.9 Å². The van der Waals surface area contributed by atoms with Gasteiger partial charge >= 0.3 is 0 Å². The third-order valence-electron chi connectivity index (χ3n) is 4.73. The summed E-state index contributed by atoms with van der Waals surface area (Å²) in [5, 5.41) is 0. The standard InChI is InChI=1S/C21H22N2O2/c1-24-20-7-6-19-11-18(14-25-21(19)12-20)10-16-2-4-17(5-3-16)13-23-9-8-22-15-23/h2-9,12,15,18H,10-11,13-14H2,1H3. The molecular weight excluding hydrogens is 312 g/mol. The number of rotatable bonds is 5. The maximum absolute atomic E-state index is 5.95. The molecule has 2 heterocycles. The smallest absolute Gasteiger partial charge is 0.126 e. The molecule has 0 amide bonds. The Labute approximate surface area is 148 Å². The van der Waals surface area contributed by atoms with Gasteiger partial charge < -0.3 is 14.0 Å². The van der Waals surface area contributed by atoms with Crippen LogP contribution in [0.5, 0.6) is 11.5 Å². The highest BCUT2D eigenvalue weighted by molar-refractivity contribution is 5.42. The molecule has 4 rings (SSSR count). The van der Waals surface area contributed by atoms with Crippen molar-refractivity contribution in [1.82, 2.24) is 9.55 Å². The lowest BCUT2D eigenvalue weighted by Gasteiger charge is -2.25. The third-order valence-corrected chi connectivity index (χ3v) is 4.73. The maximum atomic E-state index is 5.95. The normalized spacial score (nSPS) is 16.1. The van der Waals surface area contributed by atoms with Crippen LogP contribution in [-0.4, -0.2) is 23.3 Å². The van der Waals surface area contributed by atoms with Crippen molar-refractivity contribution in [3.8, 4) is 11.5 Å². The average Bonchev–Trinajstić information content (AvgIpc) is 3.16. The lowest BCUT2D eigenvalue weighted by Crippen LogP contribution is -2.22. The molecule has 4 nitrogen and oxygen atoms in total. The Morgan fingerprint density at radius 3 is 2.76 bits per heavy atom. The Hall–Kier alpha value is -2.75. The first-order valence-corrected chi connectivity index (χ1v) is 8.63. The molecule has 1 aliphatic rings. The fourth-order valence-corrected chi connectivity index (χ4v) is 3.38. The molecule has 1 aromatic heterocycles. The number of hydrogen-bond acceptors (Lipinski definition) is 3. The SMILES string of the molecule is COc1ccc2c(c1)OCC(Cc1ccc(Cn3ccnc3)cc1)C2. The van der Waals surface area contributed by atoms with E-state index in [0.717, 1.165) is 37.5 Å². The molecule has 0 aliphatic carbocycles. The summed E-state index contributed by atoms with van der Waals surface area (Å²) in [5.74, 6) is 2.33. The van der Waals surface area contributed by atoms with Crippen molar-refractivity contribution >= 4 is 0 Å². The van der Waals surface area contributed by atoms with Crippen molar-refractivity contribution < 1.29 is 9.47 Å². The van der Waals surface area contributed by atoms with E-state index in [4.69, 9.17) is 9.47 Å². The van der Waals surface area contributed by atoms with Gasteiger partial charge in [0, 0.05) is 30.9 Å². The quantitative estimate of drug-likeness (QED) is 0.713. The highest BCUT2D eigenvalue weighted by atomic mass is 16.5. The minimum atomic E-state index is 0.514. The van der Waals surface area contributed by atoms with Gasteiger partial charge in [0.05, 0.1) is 20.0 Å². The van der Waals surface area contributed by atoms with Crippen LogP contribution >= 0.6 is 0 Å². The highest BCUT2D eigenvalue weighted by Gasteiger charge is 2.20. The van der Waals surface area contributed by atoms with Crippen molar-refractivity contribution in [2.75, 3.05) is 13.7 Å². The van der Waals surface area contributed by atoms with E-state index in [2.05, 4.69) is 39.9 Å². The van der Waals surface area contributed by atoms with E-state index in [-0.39, 0.29) is 0 Å². The second kappa shape index (κ2) is 7.01. The number of aromatic nitrogens is 2. The summed E-state index contributed by atoms with van der Waals surface area (Å²) in [4.78, 5) is 4.08. The predicted molar refractivity (Wildman–Crippen MR) is 97.2 cm³/mol. The number of benzene rings is 2. The Morgan fingerprint density at radius 1 is 1.16 bits per heavy atom. The van der Waals surface area contributed by atoms with Gasteiger partial charge in [-0.1, -0.05) is 30.3 Å². The Kier molecular flexibility index (Phi) is 4.42. The maximum Gasteiger partial charge on any atom is 0.126 e. The van der Waals surface area contributed by atoms with E-state index in [1.54, 1.807) is 7.11 Å². The third kappa shape index (κ3) is 3.68. The monoisotopic (exact) mass is 334 g/mol. The van der Waals surface area contributed by atoms with Crippen molar-refractivity contribution in [3.63, 3.8) is 0 Å². The summed E-state index contributed by atoms with van der Waals surface area (Å²) < 4.78 is 13.3. The summed E-state index contributed by atoms with van der Waals surface area (Å²) >= 11 is 0. The van der Waals surface area contributed by atoms with Gasteiger partial charge in [0.2, 0.25) is 0 Å². The van der Waals surface area contributed by atoms with Crippen LogP contribution in [0.4, 0.5) is 0 Å². The Balaban J connectivity index is 1.39. The molecule has 0 N–H and O–H groups in total. The Morgan fingerprint density at radius 2 is 2.00 bits per heavy atom. The van der Waals surface area contributed by atoms with Crippen LogP contribution in [0.2, 0.25) is 0 Å². The first-order valence-electron chi connectivity index (χ1n) is 8.63. The van der Waals surface area contributed by atoms with Crippen LogP contribution in [0.25, 0.3) is 0 Å². The molecule has 0 fully saturated rings. The second-order valence-electron chi connectivity index (χ2n) is 6.61. The van der Waals surface area contributed by atoms with Crippen LogP contribution in [0.15, 0.2) is 61.2 Å². The molecular formula is C21H22N2O2. The largest absolute Gasteiger partial charge is 0.497 e. The van der Waals surface area contributed by atoms with Crippen LogP contribution in [0, 0.1) is 5.92 Å². The minimum Gasteiger partial charge on any atom is -0.497 e. The van der Waals surface area contributed by atoms with Crippen molar-refractivity contribution in [1.29, 1.82) is 0 Å². The van der Waals surface area contributed by atoms with E-state index in [1.807, 2.05) is 30.9 Å². The molecule has 2 aromatic carbocycles. The molecule has 3 aromatic rings. The fraction of sp³-hybridized carbons (Fsp3) is 0.286. The number of ether oxygens (including phenoxy) is 2. The molecule has 0 spiro atoms. The molecule has 0 saturated carbocycles. The zero-order valence-electron chi connectivity index (χ0n) is 14.4. The minimum absolute atomic E-state index is 0.514. The molecule has 4 heteroatoms. The van der Waals surface area contributed by atoms with Crippen LogP contribution in [0.1, 0.15) is 16.7 Å². The summed E-state index contributed by atoms with van der Waals surface area (Å²) in [6, 6.07) is 15.0. The number of methoxy groups -OCH3 is 1. The molecule has 1 atom stereocenters. The lowest BCUT2D eigenvalue weighted by molar-refractivity contribution is 0.220. The second-order valence-corrected chi connectivity index (χ2v) is 6.61. The van der Waals surface area contributed by atoms with Crippen LogP contribution in [0.3, 0.4) is 0 Å². The van der Waals surface area contributed by atoms with Crippen LogP contribution < -0.4 is 9.47 Å². The molecule has 1 unspecified atom stereocenters. The van der Waals surface area contributed by atoms with E-state index < -0.39 is 0 Å². The summed E-state index contributed by atoms with van der Waals surface area (Å²) in [5.41, 5.74) is 3.92. The van der Waals surface area contributed by atoms with Gasteiger partial charge in [-0.15, -0.1) is 0 Å². The van der Waals surface area contributed by atoms with Gasteiger partial charge in [0.25, 0.3) is 0 Å². The number of nitrogens with zero attached hydrogens (tertiary/aromatic N) is 2. The molecule has 128 valence electrons. The van der Waals surface area contributed by atoms with Crippen molar-refractivity contribution in [2.24, 2.45) is 5.92 Å². The lowest BCUT2D eigenvalue weighted by atomic mass is 9.90. The van der Waals surface area contributed by atoms with E-state index in [9.17, 15) is 0 Å². The Bertz CT molecular complexity index is 826. The topological polar surface area (TPSA) is 36.3 Å². The van der Waals surface area contributed by atoms with E-state index in [0.29, 0.717) is 5.92 Å². The molecule has 0 saturated heterocycles. The molecule has 1 aliphatic heterocycles. The van der Waals surface area contributed by atoms with Gasteiger partial charge in [-0.3, -0.25) is 0 Å². The van der Waals surface area contributed by atoms with Gasteiger partial charge in [-0.25, -0.2) is 4.98 Å². The number of fused-ring (bicyclic) bond motifs is 1.